The fourth-order valence-electron chi connectivity index (χ4n) is 2.95. The molecule has 0 fully saturated rings. The van der Waals surface area contributed by atoms with Gasteiger partial charge < -0.3 is 4.74 Å². The molecule has 0 heterocycles. The summed E-state index contributed by atoms with van der Waals surface area (Å²) >= 11 is 0. The number of hydrogen-bond donors (Lipinski definition) is 0. The van der Waals surface area contributed by atoms with E-state index in [0.717, 1.165) is 31.2 Å². The molecule has 0 N–H and O–H groups in total. The summed E-state index contributed by atoms with van der Waals surface area (Å²) in [5.74, 6) is -0.195. The summed E-state index contributed by atoms with van der Waals surface area (Å²) in [5, 5.41) is 0. The van der Waals surface area contributed by atoms with Crippen molar-refractivity contribution in [2.75, 3.05) is 6.61 Å². The molecule has 0 saturated heterocycles. The van der Waals surface area contributed by atoms with Gasteiger partial charge in [0.15, 0.2) is 0 Å². The van der Waals surface area contributed by atoms with Gasteiger partial charge in [0.2, 0.25) is 0 Å². The third-order valence-electron chi connectivity index (χ3n) is 4.02. The summed E-state index contributed by atoms with van der Waals surface area (Å²) < 4.78 is 5.43. The molecule has 2 heteroatoms. The van der Waals surface area contributed by atoms with Crippen molar-refractivity contribution in [3.8, 4) is 11.1 Å². The van der Waals surface area contributed by atoms with Crippen molar-refractivity contribution in [1.29, 1.82) is 0 Å². The Bertz CT molecular complexity index is 658. The van der Waals surface area contributed by atoms with Gasteiger partial charge in [0.05, 0.1) is 12.2 Å². The van der Waals surface area contributed by atoms with Crippen molar-refractivity contribution >= 4 is 5.97 Å². The lowest BCUT2D eigenvalue weighted by atomic mass is 9.99. The van der Waals surface area contributed by atoms with E-state index in [4.69, 9.17) is 4.74 Å². The third-order valence-corrected chi connectivity index (χ3v) is 4.02. The maximum atomic E-state index is 12.4. The van der Waals surface area contributed by atoms with Crippen molar-refractivity contribution < 1.29 is 9.53 Å². The lowest BCUT2D eigenvalue weighted by molar-refractivity contribution is 0.0499. The number of fused-ring (bicyclic) bond motifs is 3. The molecule has 0 atom stereocenters. The molecule has 0 aliphatic heterocycles. The number of carbonyl (C=O) groups is 1. The smallest absolute Gasteiger partial charge is 0.338 e. The molecule has 108 valence electrons. The van der Waals surface area contributed by atoms with Gasteiger partial charge in [-0.25, -0.2) is 4.79 Å². The van der Waals surface area contributed by atoms with Crippen LogP contribution in [0.2, 0.25) is 0 Å². The predicted octanol–water partition coefficient (Wildman–Crippen LogP) is 4.60. The Morgan fingerprint density at radius 3 is 2.71 bits per heavy atom. The first-order valence-electron chi connectivity index (χ1n) is 7.68. The quantitative estimate of drug-likeness (QED) is 0.504. The predicted molar refractivity (Wildman–Crippen MR) is 84.5 cm³/mol. The van der Waals surface area contributed by atoms with Crippen LogP contribution in [-0.4, -0.2) is 12.6 Å². The second kappa shape index (κ2) is 6.13. The van der Waals surface area contributed by atoms with E-state index in [1.807, 2.05) is 24.3 Å². The molecule has 0 bridgehead atoms. The summed E-state index contributed by atoms with van der Waals surface area (Å²) in [6.07, 6.45) is 4.07. The molecule has 2 nitrogen and oxygen atoms in total. The molecule has 0 saturated carbocycles. The number of esters is 1. The Morgan fingerprint density at radius 1 is 1.05 bits per heavy atom. The Morgan fingerprint density at radius 2 is 1.86 bits per heavy atom. The molecule has 0 aromatic heterocycles. The van der Waals surface area contributed by atoms with E-state index in [2.05, 4.69) is 25.1 Å². The number of hydrogen-bond acceptors (Lipinski definition) is 2. The van der Waals surface area contributed by atoms with Crippen LogP contribution < -0.4 is 0 Å². The second-order valence-electron chi connectivity index (χ2n) is 5.52. The average molecular weight is 280 g/mol. The normalized spacial score (nSPS) is 11.9. The van der Waals surface area contributed by atoms with Crippen molar-refractivity contribution in [1.82, 2.24) is 0 Å². The highest BCUT2D eigenvalue weighted by Gasteiger charge is 2.24. The molecule has 1 aliphatic carbocycles. The van der Waals surface area contributed by atoms with Crippen LogP contribution in [-0.2, 0) is 11.2 Å². The van der Waals surface area contributed by atoms with Gasteiger partial charge in [0, 0.05) is 0 Å². The van der Waals surface area contributed by atoms with Gasteiger partial charge in [0.1, 0.15) is 0 Å². The minimum absolute atomic E-state index is 0.195. The summed E-state index contributed by atoms with van der Waals surface area (Å²) in [5.41, 5.74) is 5.45. The van der Waals surface area contributed by atoms with Gasteiger partial charge in [-0.2, -0.15) is 0 Å². The standard InChI is InChI=1S/C19H20O2/c1-2-3-6-12-21-19(20)17-11-7-9-15-13-14-8-4-5-10-16(14)18(15)17/h4-5,7-11H,2-3,6,12-13H2,1H3. The first-order chi connectivity index (χ1) is 10.3. The molecule has 1 aliphatic rings. The monoisotopic (exact) mass is 280 g/mol. The van der Waals surface area contributed by atoms with Crippen LogP contribution in [0.3, 0.4) is 0 Å². The number of rotatable bonds is 5. The fraction of sp³-hybridized carbons (Fsp3) is 0.316. The second-order valence-corrected chi connectivity index (χ2v) is 5.52. The van der Waals surface area contributed by atoms with Gasteiger partial charge in [-0.3, -0.25) is 0 Å². The molecule has 0 spiro atoms. The molecular formula is C19H20O2. The van der Waals surface area contributed by atoms with E-state index in [9.17, 15) is 4.79 Å². The average Bonchev–Trinajstić information content (AvgIpc) is 2.90. The van der Waals surface area contributed by atoms with Crippen molar-refractivity contribution in [3.63, 3.8) is 0 Å². The van der Waals surface area contributed by atoms with Gasteiger partial charge in [-0.1, -0.05) is 56.2 Å². The SMILES string of the molecule is CCCCCOC(=O)c1cccc2c1-c1ccccc1C2. The maximum Gasteiger partial charge on any atom is 0.338 e. The number of benzene rings is 2. The van der Waals surface area contributed by atoms with Crippen LogP contribution in [0.25, 0.3) is 11.1 Å². The summed E-state index contributed by atoms with van der Waals surface area (Å²) in [4.78, 5) is 12.4. The van der Waals surface area contributed by atoms with Crippen molar-refractivity contribution in [2.24, 2.45) is 0 Å². The minimum Gasteiger partial charge on any atom is -0.462 e. The molecule has 3 rings (SSSR count). The largest absolute Gasteiger partial charge is 0.462 e. The van der Waals surface area contributed by atoms with Gasteiger partial charge >= 0.3 is 5.97 Å². The van der Waals surface area contributed by atoms with Gasteiger partial charge in [-0.15, -0.1) is 0 Å². The lowest BCUT2D eigenvalue weighted by Gasteiger charge is -2.09. The van der Waals surface area contributed by atoms with Crippen molar-refractivity contribution in [3.05, 3.63) is 59.2 Å². The van der Waals surface area contributed by atoms with Crippen LogP contribution in [0.5, 0.6) is 0 Å². The van der Waals surface area contributed by atoms with Crippen LogP contribution in [0.15, 0.2) is 42.5 Å². The highest BCUT2D eigenvalue weighted by atomic mass is 16.5. The number of carbonyl (C=O) groups excluding carboxylic acids is 1. The van der Waals surface area contributed by atoms with Crippen LogP contribution in [0.1, 0.15) is 47.7 Å². The Kier molecular flexibility index (Phi) is 4.05. The van der Waals surface area contributed by atoms with E-state index in [1.54, 1.807) is 0 Å². The van der Waals surface area contributed by atoms with E-state index in [0.29, 0.717) is 12.2 Å². The maximum absolute atomic E-state index is 12.4. The minimum atomic E-state index is -0.195. The van der Waals surface area contributed by atoms with Gasteiger partial charge in [0.25, 0.3) is 0 Å². The topological polar surface area (TPSA) is 26.3 Å². The zero-order valence-corrected chi connectivity index (χ0v) is 12.4. The molecule has 0 amide bonds. The fourth-order valence-corrected chi connectivity index (χ4v) is 2.95. The Labute approximate surface area is 125 Å². The number of ether oxygens (including phenoxy) is 1. The third kappa shape index (κ3) is 2.71. The van der Waals surface area contributed by atoms with Crippen LogP contribution in [0.4, 0.5) is 0 Å². The molecule has 2 aromatic carbocycles. The van der Waals surface area contributed by atoms with Crippen LogP contribution >= 0.6 is 0 Å². The zero-order chi connectivity index (χ0) is 14.7. The first kappa shape index (κ1) is 13.9. The van der Waals surface area contributed by atoms with E-state index in [-0.39, 0.29) is 5.97 Å². The lowest BCUT2D eigenvalue weighted by Crippen LogP contribution is -2.08. The molecule has 2 aromatic rings. The van der Waals surface area contributed by atoms with Crippen LogP contribution in [0, 0.1) is 0 Å². The van der Waals surface area contributed by atoms with Crippen molar-refractivity contribution in [2.45, 2.75) is 32.6 Å². The Balaban J connectivity index is 1.86. The summed E-state index contributed by atoms with van der Waals surface area (Å²) in [6, 6.07) is 14.2. The molecular weight excluding hydrogens is 260 g/mol. The van der Waals surface area contributed by atoms with E-state index >= 15 is 0 Å². The molecule has 0 unspecified atom stereocenters. The highest BCUT2D eigenvalue weighted by Crippen LogP contribution is 2.38. The Hall–Kier alpha value is -2.09. The van der Waals surface area contributed by atoms with E-state index in [1.165, 1.54) is 16.7 Å². The number of unbranched alkanes of at least 4 members (excludes halogenated alkanes) is 2. The summed E-state index contributed by atoms with van der Waals surface area (Å²) in [7, 11) is 0. The van der Waals surface area contributed by atoms with Gasteiger partial charge in [-0.05, 0) is 41.2 Å². The highest BCUT2D eigenvalue weighted by molar-refractivity contribution is 6.00. The first-order valence-corrected chi connectivity index (χ1v) is 7.68. The summed E-state index contributed by atoms with van der Waals surface area (Å²) in [6.45, 7) is 2.65. The van der Waals surface area contributed by atoms with E-state index < -0.39 is 0 Å². The molecule has 0 radical (unpaired) electrons. The zero-order valence-electron chi connectivity index (χ0n) is 12.4. The molecule has 21 heavy (non-hydrogen) atoms.